The Labute approximate surface area is 94.4 Å². The van der Waals surface area contributed by atoms with E-state index in [0.29, 0.717) is 17.4 Å². The molecule has 0 aliphatic carbocycles. The molecule has 4 heteroatoms. The Kier molecular flexibility index (Phi) is 2.90. The van der Waals surface area contributed by atoms with Gasteiger partial charge in [0.15, 0.2) is 11.5 Å². The lowest BCUT2D eigenvalue weighted by molar-refractivity contribution is 0.310. The van der Waals surface area contributed by atoms with E-state index in [4.69, 9.17) is 5.73 Å². The summed E-state index contributed by atoms with van der Waals surface area (Å²) in [5.41, 5.74) is 8.48. The van der Waals surface area contributed by atoms with Gasteiger partial charge >= 0.3 is 0 Å². The van der Waals surface area contributed by atoms with Gasteiger partial charge in [-0.05, 0) is 28.2 Å². The average molecular weight is 217 g/mol. The lowest BCUT2D eigenvalue weighted by Crippen LogP contribution is -1.94. The predicted molar refractivity (Wildman–Crippen MR) is 62.7 cm³/mol. The molecule has 1 aromatic heterocycles. The monoisotopic (exact) mass is 217 g/mol. The predicted octanol–water partition coefficient (Wildman–Crippen LogP) is 2.52. The zero-order chi connectivity index (χ0) is 11.5. The number of nitrogens with zero attached hydrogens (tertiary/aromatic N) is 2. The quantitative estimate of drug-likeness (QED) is 0.857. The molecule has 16 heavy (non-hydrogen) atoms. The van der Waals surface area contributed by atoms with Gasteiger partial charge in [-0.25, -0.2) is 4.63 Å². The number of benzene rings is 1. The van der Waals surface area contributed by atoms with E-state index < -0.39 is 0 Å². The Bertz CT molecular complexity index is 459. The minimum Gasteiger partial charge on any atom is -0.379 e. The third kappa shape index (κ3) is 2.21. The molecule has 0 spiro atoms. The largest absolute Gasteiger partial charge is 0.379 e. The topological polar surface area (TPSA) is 64.9 Å². The van der Waals surface area contributed by atoms with Crippen molar-refractivity contribution in [3.63, 3.8) is 0 Å². The number of hydrogen-bond donors (Lipinski definition) is 1. The molecule has 1 aromatic carbocycles. The fraction of sp³-hybridized carbons (Fsp3) is 0.333. The summed E-state index contributed by atoms with van der Waals surface area (Å²) in [5, 5.41) is 7.32. The second-order valence-electron chi connectivity index (χ2n) is 4.29. The highest BCUT2D eigenvalue weighted by molar-refractivity contribution is 5.68. The third-order valence-electron chi connectivity index (χ3n) is 2.39. The first-order chi connectivity index (χ1) is 7.66. The smallest absolute Gasteiger partial charge is 0.196 e. The van der Waals surface area contributed by atoms with Crippen molar-refractivity contribution in [3.05, 3.63) is 29.8 Å². The highest BCUT2D eigenvalue weighted by atomic mass is 16.6. The van der Waals surface area contributed by atoms with Crippen LogP contribution in [0.25, 0.3) is 11.3 Å². The maximum absolute atomic E-state index is 5.62. The number of rotatable bonds is 3. The average Bonchev–Trinajstić information content (AvgIpc) is 2.65. The Morgan fingerprint density at radius 3 is 2.38 bits per heavy atom. The fourth-order valence-corrected chi connectivity index (χ4v) is 1.67. The molecule has 84 valence electrons. The van der Waals surface area contributed by atoms with Crippen LogP contribution in [0.1, 0.15) is 19.4 Å². The first-order valence-corrected chi connectivity index (χ1v) is 5.34. The van der Waals surface area contributed by atoms with Crippen molar-refractivity contribution in [2.45, 2.75) is 20.3 Å². The van der Waals surface area contributed by atoms with Gasteiger partial charge in [-0.1, -0.05) is 38.1 Å². The molecule has 4 nitrogen and oxygen atoms in total. The molecule has 0 saturated carbocycles. The van der Waals surface area contributed by atoms with Crippen molar-refractivity contribution in [1.29, 1.82) is 0 Å². The van der Waals surface area contributed by atoms with E-state index >= 15 is 0 Å². The van der Waals surface area contributed by atoms with Crippen molar-refractivity contribution in [3.8, 4) is 11.3 Å². The van der Waals surface area contributed by atoms with Crippen LogP contribution in [0.5, 0.6) is 0 Å². The first kappa shape index (κ1) is 10.7. The van der Waals surface area contributed by atoms with Crippen LogP contribution in [0.15, 0.2) is 28.9 Å². The van der Waals surface area contributed by atoms with Gasteiger partial charge in [0.1, 0.15) is 0 Å². The summed E-state index contributed by atoms with van der Waals surface area (Å²) in [6, 6.07) is 8.16. The molecule has 1 heterocycles. The molecule has 0 aliphatic rings. The van der Waals surface area contributed by atoms with E-state index in [2.05, 4.69) is 40.9 Å². The molecular formula is C12H15N3O. The number of anilines is 1. The molecule has 0 aliphatic heterocycles. The van der Waals surface area contributed by atoms with Gasteiger partial charge in [-0.15, -0.1) is 0 Å². The van der Waals surface area contributed by atoms with Crippen LogP contribution in [-0.2, 0) is 6.42 Å². The summed E-state index contributed by atoms with van der Waals surface area (Å²) in [5.74, 6) is 0.987. The standard InChI is InChI=1S/C12H15N3O/c1-8(2)7-9-3-5-10(6-4-9)11-12(13)15-16-14-11/h3-6,8H,7H2,1-2H3,(H2,13,15). The molecule has 0 amide bonds. The zero-order valence-corrected chi connectivity index (χ0v) is 9.47. The van der Waals surface area contributed by atoms with E-state index in [0.717, 1.165) is 12.0 Å². The Balaban J connectivity index is 2.23. The molecule has 2 N–H and O–H groups in total. The maximum Gasteiger partial charge on any atom is 0.196 e. The van der Waals surface area contributed by atoms with Crippen LogP contribution in [0, 0.1) is 5.92 Å². The molecule has 0 fully saturated rings. The van der Waals surface area contributed by atoms with Gasteiger partial charge < -0.3 is 5.73 Å². The zero-order valence-electron chi connectivity index (χ0n) is 9.47. The summed E-state index contributed by atoms with van der Waals surface area (Å²) in [6.07, 6.45) is 1.08. The summed E-state index contributed by atoms with van der Waals surface area (Å²) in [6.45, 7) is 4.40. The van der Waals surface area contributed by atoms with Crippen molar-refractivity contribution >= 4 is 5.82 Å². The highest BCUT2D eigenvalue weighted by Crippen LogP contribution is 2.22. The van der Waals surface area contributed by atoms with Crippen LogP contribution in [0.3, 0.4) is 0 Å². The lowest BCUT2D eigenvalue weighted by Gasteiger charge is -2.05. The van der Waals surface area contributed by atoms with Crippen LogP contribution in [-0.4, -0.2) is 10.3 Å². The summed E-state index contributed by atoms with van der Waals surface area (Å²) in [7, 11) is 0. The van der Waals surface area contributed by atoms with Gasteiger partial charge in [0.05, 0.1) is 0 Å². The second-order valence-corrected chi connectivity index (χ2v) is 4.29. The molecule has 0 atom stereocenters. The summed E-state index contributed by atoms with van der Waals surface area (Å²) < 4.78 is 4.57. The van der Waals surface area contributed by atoms with Gasteiger partial charge in [0, 0.05) is 5.56 Å². The number of nitrogens with two attached hydrogens (primary N) is 1. The van der Waals surface area contributed by atoms with E-state index in [9.17, 15) is 0 Å². The van der Waals surface area contributed by atoms with Gasteiger partial charge in [0.2, 0.25) is 0 Å². The molecule has 0 bridgehead atoms. The van der Waals surface area contributed by atoms with Gasteiger partial charge in [-0.2, -0.15) is 0 Å². The molecule has 0 radical (unpaired) electrons. The SMILES string of the molecule is CC(C)Cc1ccc(-c2nonc2N)cc1. The van der Waals surface area contributed by atoms with Crippen molar-refractivity contribution in [1.82, 2.24) is 10.3 Å². The first-order valence-electron chi connectivity index (χ1n) is 5.34. The minimum atomic E-state index is 0.330. The number of nitrogen functional groups attached to an aromatic ring is 1. The van der Waals surface area contributed by atoms with Crippen molar-refractivity contribution < 1.29 is 4.63 Å². The van der Waals surface area contributed by atoms with Crippen LogP contribution in [0.4, 0.5) is 5.82 Å². The summed E-state index contributed by atoms with van der Waals surface area (Å²) in [4.78, 5) is 0. The molecule has 2 rings (SSSR count). The van der Waals surface area contributed by atoms with Crippen molar-refractivity contribution in [2.75, 3.05) is 5.73 Å². The van der Waals surface area contributed by atoms with Crippen LogP contribution >= 0.6 is 0 Å². The number of hydrogen-bond acceptors (Lipinski definition) is 4. The van der Waals surface area contributed by atoms with Gasteiger partial charge in [0.25, 0.3) is 0 Å². The van der Waals surface area contributed by atoms with Crippen molar-refractivity contribution in [2.24, 2.45) is 5.92 Å². The second kappa shape index (κ2) is 4.35. The van der Waals surface area contributed by atoms with Crippen LogP contribution < -0.4 is 5.73 Å². The fourth-order valence-electron chi connectivity index (χ4n) is 1.67. The minimum absolute atomic E-state index is 0.330. The third-order valence-corrected chi connectivity index (χ3v) is 2.39. The molecule has 2 aromatic rings. The highest BCUT2D eigenvalue weighted by Gasteiger charge is 2.08. The molecular weight excluding hydrogens is 202 g/mol. The number of aromatic nitrogens is 2. The van der Waals surface area contributed by atoms with Gasteiger partial charge in [-0.3, -0.25) is 0 Å². The van der Waals surface area contributed by atoms with E-state index in [1.165, 1.54) is 5.56 Å². The Hall–Kier alpha value is -1.84. The normalized spacial score (nSPS) is 10.9. The van der Waals surface area contributed by atoms with E-state index in [-0.39, 0.29) is 0 Å². The maximum atomic E-state index is 5.62. The molecule has 0 unspecified atom stereocenters. The van der Waals surface area contributed by atoms with E-state index in [1.54, 1.807) is 0 Å². The summed E-state index contributed by atoms with van der Waals surface area (Å²) >= 11 is 0. The van der Waals surface area contributed by atoms with Crippen LogP contribution in [0.2, 0.25) is 0 Å². The van der Waals surface area contributed by atoms with E-state index in [1.807, 2.05) is 12.1 Å². The lowest BCUT2D eigenvalue weighted by atomic mass is 10.0. The Morgan fingerprint density at radius 1 is 1.19 bits per heavy atom. The Morgan fingerprint density at radius 2 is 1.88 bits per heavy atom. The molecule has 0 saturated heterocycles.